The number of benzene rings is 1. The maximum Gasteiger partial charge on any atom is 0.216 e. The van der Waals surface area contributed by atoms with Crippen molar-refractivity contribution < 1.29 is 4.74 Å². The molecule has 3 aromatic rings. The van der Waals surface area contributed by atoms with E-state index < -0.39 is 0 Å². The SMILES string of the molecule is CCc1nn(C)c(OC)c1CNc1ccnc2ccc(Br)cc12. The molecule has 0 saturated heterocycles. The smallest absolute Gasteiger partial charge is 0.216 e. The molecular weight excluding hydrogens is 356 g/mol. The van der Waals surface area contributed by atoms with Crippen LogP contribution < -0.4 is 10.1 Å². The van der Waals surface area contributed by atoms with E-state index in [-0.39, 0.29) is 0 Å². The summed E-state index contributed by atoms with van der Waals surface area (Å²) in [5, 5.41) is 9.11. The van der Waals surface area contributed by atoms with E-state index in [1.165, 1.54) is 0 Å². The molecule has 3 rings (SSSR count). The summed E-state index contributed by atoms with van der Waals surface area (Å²) >= 11 is 3.52. The summed E-state index contributed by atoms with van der Waals surface area (Å²) in [6.45, 7) is 2.76. The minimum atomic E-state index is 0.659. The number of nitrogens with zero attached hydrogens (tertiary/aromatic N) is 3. The lowest BCUT2D eigenvalue weighted by Crippen LogP contribution is -2.04. The zero-order valence-electron chi connectivity index (χ0n) is 13.4. The van der Waals surface area contributed by atoms with Crippen molar-refractivity contribution in [3.63, 3.8) is 0 Å². The highest BCUT2D eigenvalue weighted by Crippen LogP contribution is 2.27. The fourth-order valence-corrected chi connectivity index (χ4v) is 3.14. The number of pyridine rings is 1. The van der Waals surface area contributed by atoms with Crippen molar-refractivity contribution >= 4 is 32.5 Å². The van der Waals surface area contributed by atoms with Gasteiger partial charge in [0.05, 0.1) is 23.9 Å². The topological polar surface area (TPSA) is 52.0 Å². The number of anilines is 1. The standard InChI is InChI=1S/C17H19BrN4O/c1-4-14-13(17(23-3)22(2)21-14)10-20-16-7-8-19-15-6-5-11(18)9-12(15)16/h5-9H,4,10H2,1-3H3,(H,19,20). The molecule has 0 unspecified atom stereocenters. The monoisotopic (exact) mass is 374 g/mol. The average Bonchev–Trinajstić information content (AvgIpc) is 2.87. The summed E-state index contributed by atoms with van der Waals surface area (Å²) in [6.07, 6.45) is 2.69. The lowest BCUT2D eigenvalue weighted by molar-refractivity contribution is 0.370. The summed E-state index contributed by atoms with van der Waals surface area (Å²) in [5.41, 5.74) is 4.16. The quantitative estimate of drug-likeness (QED) is 0.735. The predicted molar refractivity (Wildman–Crippen MR) is 95.9 cm³/mol. The number of methoxy groups -OCH3 is 1. The molecule has 0 aliphatic heterocycles. The molecule has 6 heteroatoms. The summed E-state index contributed by atoms with van der Waals surface area (Å²) < 4.78 is 8.32. The highest BCUT2D eigenvalue weighted by Gasteiger charge is 2.15. The number of aromatic nitrogens is 3. The van der Waals surface area contributed by atoms with Crippen LogP contribution in [0.5, 0.6) is 5.88 Å². The number of nitrogens with one attached hydrogen (secondary N) is 1. The molecular formula is C17H19BrN4O. The molecule has 0 atom stereocenters. The summed E-state index contributed by atoms with van der Waals surface area (Å²) in [6, 6.07) is 8.07. The second-order valence-corrected chi connectivity index (χ2v) is 6.20. The third kappa shape index (κ3) is 3.03. The summed E-state index contributed by atoms with van der Waals surface area (Å²) in [5.74, 6) is 0.800. The Morgan fingerprint density at radius 1 is 1.30 bits per heavy atom. The van der Waals surface area contributed by atoms with Gasteiger partial charge in [-0.15, -0.1) is 0 Å². The van der Waals surface area contributed by atoms with Crippen molar-refractivity contribution in [1.29, 1.82) is 0 Å². The van der Waals surface area contributed by atoms with E-state index >= 15 is 0 Å². The minimum Gasteiger partial charge on any atom is -0.481 e. The number of aryl methyl sites for hydroxylation is 2. The summed E-state index contributed by atoms with van der Waals surface area (Å²) in [4.78, 5) is 4.41. The van der Waals surface area contributed by atoms with Gasteiger partial charge in [-0.05, 0) is 30.7 Å². The van der Waals surface area contributed by atoms with Gasteiger partial charge in [0.25, 0.3) is 0 Å². The molecule has 0 spiro atoms. The molecule has 1 aromatic carbocycles. The number of rotatable bonds is 5. The van der Waals surface area contributed by atoms with Crippen LogP contribution in [0.3, 0.4) is 0 Å². The maximum atomic E-state index is 5.49. The molecule has 1 N–H and O–H groups in total. The van der Waals surface area contributed by atoms with Crippen molar-refractivity contribution in [2.75, 3.05) is 12.4 Å². The number of hydrogen-bond acceptors (Lipinski definition) is 4. The van der Waals surface area contributed by atoms with Crippen LogP contribution in [0.15, 0.2) is 34.9 Å². The Morgan fingerprint density at radius 3 is 2.87 bits per heavy atom. The van der Waals surface area contributed by atoms with E-state index in [1.807, 2.05) is 31.4 Å². The molecule has 0 fully saturated rings. The molecule has 120 valence electrons. The van der Waals surface area contributed by atoms with Crippen molar-refractivity contribution in [2.45, 2.75) is 19.9 Å². The van der Waals surface area contributed by atoms with Crippen LogP contribution in [0, 0.1) is 0 Å². The van der Waals surface area contributed by atoms with Gasteiger partial charge in [0, 0.05) is 35.3 Å². The Morgan fingerprint density at radius 2 is 2.13 bits per heavy atom. The third-order valence-electron chi connectivity index (χ3n) is 3.86. The number of fused-ring (bicyclic) bond motifs is 1. The molecule has 2 heterocycles. The zero-order valence-corrected chi connectivity index (χ0v) is 15.0. The van der Waals surface area contributed by atoms with Gasteiger partial charge in [-0.1, -0.05) is 22.9 Å². The van der Waals surface area contributed by atoms with Crippen molar-refractivity contribution in [2.24, 2.45) is 7.05 Å². The van der Waals surface area contributed by atoms with Crippen molar-refractivity contribution in [1.82, 2.24) is 14.8 Å². The van der Waals surface area contributed by atoms with Crippen molar-refractivity contribution in [3.05, 3.63) is 46.2 Å². The minimum absolute atomic E-state index is 0.659. The molecule has 0 aliphatic carbocycles. The molecule has 0 bridgehead atoms. The van der Waals surface area contributed by atoms with Crippen LogP contribution in [-0.4, -0.2) is 21.9 Å². The Balaban J connectivity index is 1.94. The molecule has 0 saturated carbocycles. The van der Waals surface area contributed by atoms with E-state index in [4.69, 9.17) is 4.74 Å². The molecule has 23 heavy (non-hydrogen) atoms. The summed E-state index contributed by atoms with van der Waals surface area (Å²) in [7, 11) is 3.58. The van der Waals surface area contributed by atoms with Crippen molar-refractivity contribution in [3.8, 4) is 5.88 Å². The first-order valence-corrected chi connectivity index (χ1v) is 8.30. The van der Waals surface area contributed by atoms with E-state index in [1.54, 1.807) is 11.8 Å². The normalized spacial score (nSPS) is 11.0. The Hall–Kier alpha value is -2.08. The van der Waals surface area contributed by atoms with Gasteiger partial charge in [0.15, 0.2) is 0 Å². The molecule has 2 aromatic heterocycles. The fraction of sp³-hybridized carbons (Fsp3) is 0.294. The molecule has 5 nitrogen and oxygen atoms in total. The third-order valence-corrected chi connectivity index (χ3v) is 4.35. The van der Waals surface area contributed by atoms with E-state index in [2.05, 4.69) is 44.3 Å². The lowest BCUT2D eigenvalue weighted by Gasteiger charge is -2.11. The van der Waals surface area contributed by atoms with E-state index in [0.717, 1.165) is 44.6 Å². The van der Waals surface area contributed by atoms with Crippen LogP contribution in [0.1, 0.15) is 18.2 Å². The van der Waals surface area contributed by atoms with Crippen LogP contribution in [0.25, 0.3) is 10.9 Å². The Kier molecular flexibility index (Phi) is 4.52. The van der Waals surface area contributed by atoms with Gasteiger partial charge in [-0.2, -0.15) is 5.10 Å². The van der Waals surface area contributed by atoms with E-state index in [9.17, 15) is 0 Å². The van der Waals surface area contributed by atoms with Gasteiger partial charge in [0.2, 0.25) is 5.88 Å². The van der Waals surface area contributed by atoms with E-state index in [0.29, 0.717) is 6.54 Å². The zero-order chi connectivity index (χ0) is 16.4. The number of ether oxygens (including phenoxy) is 1. The fourth-order valence-electron chi connectivity index (χ4n) is 2.78. The van der Waals surface area contributed by atoms with Crippen LogP contribution in [0.4, 0.5) is 5.69 Å². The van der Waals surface area contributed by atoms with Crippen LogP contribution >= 0.6 is 15.9 Å². The number of halogens is 1. The largest absolute Gasteiger partial charge is 0.481 e. The highest BCUT2D eigenvalue weighted by molar-refractivity contribution is 9.10. The maximum absolute atomic E-state index is 5.49. The Bertz CT molecular complexity index is 844. The molecule has 0 aliphatic rings. The van der Waals surface area contributed by atoms with Gasteiger partial charge in [0.1, 0.15) is 0 Å². The first-order chi connectivity index (χ1) is 11.1. The van der Waals surface area contributed by atoms with Gasteiger partial charge >= 0.3 is 0 Å². The first kappa shape index (κ1) is 15.8. The van der Waals surface area contributed by atoms with Crippen LogP contribution in [0.2, 0.25) is 0 Å². The second-order valence-electron chi connectivity index (χ2n) is 5.29. The highest BCUT2D eigenvalue weighted by atomic mass is 79.9. The lowest BCUT2D eigenvalue weighted by atomic mass is 10.1. The predicted octanol–water partition coefficient (Wildman–Crippen LogP) is 3.91. The Labute approximate surface area is 143 Å². The van der Waals surface area contributed by atoms with Crippen LogP contribution in [-0.2, 0) is 20.0 Å². The molecule has 0 amide bonds. The first-order valence-electron chi connectivity index (χ1n) is 7.51. The van der Waals surface area contributed by atoms with Gasteiger partial charge in [-0.25, -0.2) is 4.68 Å². The number of hydrogen-bond donors (Lipinski definition) is 1. The van der Waals surface area contributed by atoms with Gasteiger partial charge in [-0.3, -0.25) is 4.98 Å². The average molecular weight is 375 g/mol. The second kappa shape index (κ2) is 6.58. The van der Waals surface area contributed by atoms with Gasteiger partial charge < -0.3 is 10.1 Å². The molecule has 0 radical (unpaired) electrons.